The first-order valence-corrected chi connectivity index (χ1v) is 8.33. The van der Waals surface area contributed by atoms with E-state index < -0.39 is 0 Å². The van der Waals surface area contributed by atoms with Crippen LogP contribution >= 0.6 is 34.2 Å². The molecule has 0 amide bonds. The van der Waals surface area contributed by atoms with E-state index in [1.165, 1.54) is 29.8 Å². The Bertz CT molecular complexity index is 700. The second kappa shape index (κ2) is 5.00. The van der Waals surface area contributed by atoms with Gasteiger partial charge in [-0.25, -0.2) is 0 Å². The van der Waals surface area contributed by atoms with E-state index >= 15 is 0 Å². The lowest BCUT2D eigenvalue weighted by Gasteiger charge is -2.22. The number of nitrogens with one attached hydrogen (secondary N) is 1. The van der Waals surface area contributed by atoms with Crippen molar-refractivity contribution in [2.24, 2.45) is 0 Å². The Morgan fingerprint density at radius 3 is 3.00 bits per heavy atom. The monoisotopic (exact) mass is 400 g/mol. The smallest absolute Gasteiger partial charge is 0.0860 e. The fraction of sp³-hybridized carbons (Fsp3) is 0.400. The van der Waals surface area contributed by atoms with Gasteiger partial charge in [0.25, 0.3) is 0 Å². The Morgan fingerprint density at radius 2 is 2.20 bits per heavy atom. The highest BCUT2D eigenvalue weighted by Crippen LogP contribution is 2.37. The number of pyridine rings is 1. The van der Waals surface area contributed by atoms with Crippen LogP contribution in [0.2, 0.25) is 5.02 Å². The average Bonchev–Trinajstić information content (AvgIpc) is 3.24. The molecule has 0 atom stereocenters. The largest absolute Gasteiger partial charge is 0.381 e. The van der Waals surface area contributed by atoms with Crippen LogP contribution < -0.4 is 5.32 Å². The van der Waals surface area contributed by atoms with Gasteiger partial charge in [-0.05, 0) is 47.6 Å². The number of hydrogen-bond donors (Lipinski definition) is 1. The van der Waals surface area contributed by atoms with E-state index in [-0.39, 0.29) is 0 Å². The molecule has 1 aliphatic carbocycles. The fourth-order valence-corrected chi connectivity index (χ4v) is 3.83. The van der Waals surface area contributed by atoms with Crippen LogP contribution in [0.15, 0.2) is 12.1 Å². The first kappa shape index (κ1) is 13.1. The molecule has 0 saturated heterocycles. The minimum absolute atomic E-state index is 0.600. The summed E-state index contributed by atoms with van der Waals surface area (Å²) in [4.78, 5) is 4.86. The molecule has 5 heteroatoms. The van der Waals surface area contributed by atoms with Crippen LogP contribution in [0.25, 0.3) is 10.9 Å². The lowest BCUT2D eigenvalue weighted by atomic mass is 10.0. The third-order valence-electron chi connectivity index (χ3n) is 3.85. The summed E-state index contributed by atoms with van der Waals surface area (Å²) >= 11 is 8.56. The molecule has 4 rings (SSSR count). The standard InChI is InChI=1S/C15H14ClIN2O/c16-8-5-10-14(18-9-1-2-9)11-7-20-4-3-13(11)19-15(10)12(17)6-8/h5-6,9H,1-4,7H2,(H,18,19). The maximum Gasteiger partial charge on any atom is 0.0860 e. The molecule has 0 unspecified atom stereocenters. The summed E-state index contributed by atoms with van der Waals surface area (Å²) in [5.74, 6) is 0. The van der Waals surface area contributed by atoms with Gasteiger partial charge in [-0.2, -0.15) is 0 Å². The van der Waals surface area contributed by atoms with E-state index in [1.54, 1.807) is 0 Å². The van der Waals surface area contributed by atoms with Crippen molar-refractivity contribution in [3.8, 4) is 0 Å². The van der Waals surface area contributed by atoms with Crippen LogP contribution in [0.3, 0.4) is 0 Å². The molecule has 2 aliphatic rings. The van der Waals surface area contributed by atoms with Gasteiger partial charge in [-0.1, -0.05) is 11.6 Å². The van der Waals surface area contributed by atoms with Crippen LogP contribution in [-0.4, -0.2) is 17.6 Å². The lowest BCUT2D eigenvalue weighted by Crippen LogP contribution is -2.16. The van der Waals surface area contributed by atoms with Crippen molar-refractivity contribution in [3.63, 3.8) is 0 Å². The van der Waals surface area contributed by atoms with Crippen molar-refractivity contribution >= 4 is 50.8 Å². The molecule has 3 nitrogen and oxygen atoms in total. The zero-order valence-electron chi connectivity index (χ0n) is 10.9. The first-order chi connectivity index (χ1) is 9.72. The van der Waals surface area contributed by atoms with Crippen LogP contribution in [0.1, 0.15) is 24.1 Å². The molecule has 1 aromatic carbocycles. The normalized spacial score (nSPS) is 18.1. The Labute approximate surface area is 136 Å². The van der Waals surface area contributed by atoms with Gasteiger partial charge in [0.2, 0.25) is 0 Å². The Hall–Kier alpha value is -0.590. The summed E-state index contributed by atoms with van der Waals surface area (Å²) in [5.41, 5.74) is 4.63. The number of ether oxygens (including phenoxy) is 1. The highest BCUT2D eigenvalue weighted by atomic mass is 127. The number of hydrogen-bond acceptors (Lipinski definition) is 3. The van der Waals surface area contributed by atoms with Crippen molar-refractivity contribution < 1.29 is 4.74 Å². The molecule has 1 N–H and O–H groups in total. The molecule has 20 heavy (non-hydrogen) atoms. The highest BCUT2D eigenvalue weighted by molar-refractivity contribution is 14.1. The molecule has 1 fully saturated rings. The van der Waals surface area contributed by atoms with Gasteiger partial charge in [0.1, 0.15) is 0 Å². The minimum Gasteiger partial charge on any atom is -0.381 e. The molecule has 104 valence electrons. The molecule has 2 heterocycles. The molecule has 0 bridgehead atoms. The number of fused-ring (bicyclic) bond motifs is 2. The third kappa shape index (κ3) is 2.27. The van der Waals surface area contributed by atoms with Gasteiger partial charge < -0.3 is 10.1 Å². The molecular formula is C15H14ClIN2O. The van der Waals surface area contributed by atoms with E-state index in [0.717, 1.165) is 32.5 Å². The molecule has 1 aliphatic heterocycles. The van der Waals surface area contributed by atoms with Gasteiger partial charge >= 0.3 is 0 Å². The highest BCUT2D eigenvalue weighted by Gasteiger charge is 2.26. The van der Waals surface area contributed by atoms with Crippen molar-refractivity contribution in [1.29, 1.82) is 0 Å². The lowest BCUT2D eigenvalue weighted by molar-refractivity contribution is 0.110. The second-order valence-corrected chi connectivity index (χ2v) is 7.02. The third-order valence-corrected chi connectivity index (χ3v) is 4.89. The number of rotatable bonds is 2. The van der Waals surface area contributed by atoms with Crippen LogP contribution in [0.5, 0.6) is 0 Å². The molecule has 0 radical (unpaired) electrons. The molecule has 1 saturated carbocycles. The van der Waals surface area contributed by atoms with Gasteiger partial charge in [0, 0.05) is 32.0 Å². The van der Waals surface area contributed by atoms with Crippen molar-refractivity contribution in [2.45, 2.75) is 31.9 Å². The summed E-state index contributed by atoms with van der Waals surface area (Å²) in [5, 5.41) is 5.55. The van der Waals surface area contributed by atoms with Crippen molar-refractivity contribution in [1.82, 2.24) is 4.98 Å². The molecule has 0 spiro atoms. The Morgan fingerprint density at radius 1 is 1.35 bits per heavy atom. The Kier molecular flexibility index (Phi) is 3.27. The van der Waals surface area contributed by atoms with Gasteiger partial charge in [-0.15, -0.1) is 0 Å². The summed E-state index contributed by atoms with van der Waals surface area (Å²) in [6.45, 7) is 1.41. The first-order valence-electron chi connectivity index (χ1n) is 6.87. The number of anilines is 1. The quantitative estimate of drug-likeness (QED) is 0.769. The summed E-state index contributed by atoms with van der Waals surface area (Å²) in [6.07, 6.45) is 3.39. The number of nitrogens with zero attached hydrogens (tertiary/aromatic N) is 1. The van der Waals surface area contributed by atoms with Crippen molar-refractivity contribution in [2.75, 3.05) is 11.9 Å². The predicted molar refractivity (Wildman–Crippen MR) is 89.5 cm³/mol. The SMILES string of the molecule is Clc1cc(I)c2nc3c(c(NC4CC4)c2c1)COCC3. The topological polar surface area (TPSA) is 34.2 Å². The minimum atomic E-state index is 0.600. The van der Waals surface area contributed by atoms with Gasteiger partial charge in [0.15, 0.2) is 0 Å². The zero-order chi connectivity index (χ0) is 13.7. The molecular weight excluding hydrogens is 387 g/mol. The van der Waals surface area contributed by atoms with Crippen LogP contribution in [-0.2, 0) is 17.8 Å². The van der Waals surface area contributed by atoms with Crippen LogP contribution in [0.4, 0.5) is 5.69 Å². The van der Waals surface area contributed by atoms with Gasteiger partial charge in [0.05, 0.1) is 30.1 Å². The van der Waals surface area contributed by atoms with Gasteiger partial charge in [-0.3, -0.25) is 4.98 Å². The summed E-state index contributed by atoms with van der Waals surface area (Å²) in [6, 6.07) is 4.60. The van der Waals surface area contributed by atoms with E-state index in [1.807, 2.05) is 12.1 Å². The molecule has 2 aromatic rings. The number of halogens is 2. The maximum absolute atomic E-state index is 6.24. The second-order valence-electron chi connectivity index (χ2n) is 5.42. The maximum atomic E-state index is 6.24. The summed E-state index contributed by atoms with van der Waals surface area (Å²) in [7, 11) is 0. The summed E-state index contributed by atoms with van der Waals surface area (Å²) < 4.78 is 6.74. The van der Waals surface area contributed by atoms with E-state index in [2.05, 4.69) is 27.9 Å². The van der Waals surface area contributed by atoms with E-state index in [9.17, 15) is 0 Å². The fourth-order valence-electron chi connectivity index (χ4n) is 2.68. The average molecular weight is 401 g/mol. The number of aromatic nitrogens is 1. The Balaban J connectivity index is 2.01. The predicted octanol–water partition coefficient (Wildman–Crippen LogP) is 4.14. The van der Waals surface area contributed by atoms with E-state index in [0.29, 0.717) is 12.6 Å². The zero-order valence-corrected chi connectivity index (χ0v) is 13.8. The van der Waals surface area contributed by atoms with E-state index in [4.69, 9.17) is 21.3 Å². The van der Waals surface area contributed by atoms with Crippen LogP contribution in [0, 0.1) is 3.57 Å². The molecule has 1 aromatic heterocycles. The number of benzene rings is 1. The van der Waals surface area contributed by atoms with Crippen molar-refractivity contribution in [3.05, 3.63) is 32.0 Å².